The van der Waals surface area contributed by atoms with Crippen molar-refractivity contribution in [3.63, 3.8) is 0 Å². The van der Waals surface area contributed by atoms with Crippen molar-refractivity contribution in [2.24, 2.45) is 0 Å². The molecule has 2 aliphatic heterocycles. The quantitative estimate of drug-likeness (QED) is 0.151. The summed E-state index contributed by atoms with van der Waals surface area (Å²) >= 11 is 0. The molecule has 0 saturated heterocycles. The van der Waals surface area contributed by atoms with Gasteiger partial charge in [-0.1, -0.05) is 142 Å². The van der Waals surface area contributed by atoms with Crippen LogP contribution in [-0.2, 0) is 83.1 Å². The number of rotatable bonds is 0. The smallest absolute Gasteiger partial charge is 0.134 e. The average molecular weight is 925 g/mol. The lowest BCUT2D eigenvalue weighted by Gasteiger charge is -2.28. The van der Waals surface area contributed by atoms with E-state index in [9.17, 15) is 10.2 Å². The van der Waals surface area contributed by atoms with E-state index in [1.807, 2.05) is 12.4 Å². The fourth-order valence-corrected chi connectivity index (χ4v) is 8.97. The Hall–Kier alpha value is -5.72. The predicted molar refractivity (Wildman–Crippen MR) is 265 cm³/mol. The van der Waals surface area contributed by atoms with Crippen LogP contribution in [0.2, 0.25) is 0 Å². The second-order valence-electron chi connectivity index (χ2n) is 23.0. The SMILES string of the molecule is CC(C)(C)c1cc2c(O)c(c1)Cc1cc(C(C)(C)C)cc3c1OCc1cn(nn1)CCOCCOCCn1cc(nn1)COc1c(cc(C(C)(C)C)cc1Cc1cc(C(C)(C)C)cc(c1O)C3)C2. The molecule has 0 unspecified atom stereocenters. The highest BCUT2D eigenvalue weighted by Crippen LogP contribution is 2.44. The topological polar surface area (TPSA) is 139 Å². The van der Waals surface area contributed by atoms with Crippen LogP contribution in [0.25, 0.3) is 0 Å². The van der Waals surface area contributed by atoms with E-state index in [1.165, 1.54) is 0 Å². The van der Waals surface area contributed by atoms with Crippen molar-refractivity contribution in [1.29, 1.82) is 0 Å². The summed E-state index contributed by atoms with van der Waals surface area (Å²) in [4.78, 5) is 0. The van der Waals surface area contributed by atoms with Crippen molar-refractivity contribution in [1.82, 2.24) is 30.0 Å². The summed E-state index contributed by atoms with van der Waals surface area (Å²) in [5, 5.41) is 43.2. The van der Waals surface area contributed by atoms with Crippen LogP contribution in [0.4, 0.5) is 0 Å². The number of fused-ring (bicyclic) bond motifs is 9. The summed E-state index contributed by atoms with van der Waals surface area (Å²) in [5.41, 5.74) is 11.9. The summed E-state index contributed by atoms with van der Waals surface area (Å²) in [6.07, 6.45) is 5.38. The number of phenols is 2. The zero-order chi connectivity index (χ0) is 48.8. The zero-order valence-corrected chi connectivity index (χ0v) is 42.5. The lowest BCUT2D eigenvalue weighted by atomic mass is 9.79. The lowest BCUT2D eigenvalue weighted by molar-refractivity contribution is 0.0402. The fraction of sp³-hybridized carbons (Fsp3) is 0.500. The second-order valence-corrected chi connectivity index (χ2v) is 23.0. The maximum absolute atomic E-state index is 12.7. The third kappa shape index (κ3) is 11.2. The van der Waals surface area contributed by atoms with E-state index >= 15 is 0 Å². The van der Waals surface area contributed by atoms with Crippen LogP contribution in [-0.4, -0.2) is 66.6 Å². The van der Waals surface area contributed by atoms with Crippen LogP contribution in [0, 0.1) is 0 Å². The molecule has 2 aromatic heterocycles. The number of benzene rings is 4. The number of ether oxygens (including phenoxy) is 4. The highest BCUT2D eigenvalue weighted by molar-refractivity contribution is 5.59. The number of phenolic OH excluding ortho intramolecular Hbond substituents is 2. The van der Waals surface area contributed by atoms with Gasteiger partial charge in [-0.15, -0.1) is 10.2 Å². The largest absolute Gasteiger partial charge is 0.507 e. The highest BCUT2D eigenvalue weighted by Gasteiger charge is 2.29. The molecule has 2 N–H and O–H groups in total. The minimum Gasteiger partial charge on any atom is -0.507 e. The number of aromatic hydroxyl groups is 2. The van der Waals surface area contributed by atoms with E-state index in [1.54, 1.807) is 9.36 Å². The van der Waals surface area contributed by atoms with Crippen molar-refractivity contribution in [2.45, 2.75) is 157 Å². The van der Waals surface area contributed by atoms with Gasteiger partial charge in [0.2, 0.25) is 0 Å². The first-order valence-electron chi connectivity index (χ1n) is 24.2. The van der Waals surface area contributed by atoms with Crippen molar-refractivity contribution in [2.75, 3.05) is 26.4 Å². The number of hydrogen-bond donors (Lipinski definition) is 2. The van der Waals surface area contributed by atoms with Gasteiger partial charge in [-0.3, -0.25) is 0 Å². The van der Waals surface area contributed by atoms with Gasteiger partial charge in [0.25, 0.3) is 0 Å². The average Bonchev–Trinajstić information content (AvgIpc) is 3.90. The van der Waals surface area contributed by atoms with E-state index < -0.39 is 0 Å². The van der Waals surface area contributed by atoms with Crippen molar-refractivity contribution < 1.29 is 29.2 Å². The molecule has 6 aromatic rings. The Bertz CT molecular complexity index is 2490. The van der Waals surface area contributed by atoms with Crippen LogP contribution in [0.3, 0.4) is 0 Å². The third-order valence-electron chi connectivity index (χ3n) is 13.2. The summed E-state index contributed by atoms with van der Waals surface area (Å²) in [6, 6.07) is 17.6. The fourth-order valence-electron chi connectivity index (χ4n) is 8.97. The minimum atomic E-state index is -0.230. The minimum absolute atomic E-state index is 0.169. The first-order valence-corrected chi connectivity index (χ1v) is 24.2. The summed E-state index contributed by atoms with van der Waals surface area (Å²) in [7, 11) is 0. The Morgan fingerprint density at radius 2 is 0.691 bits per heavy atom. The number of hydrogen-bond acceptors (Lipinski definition) is 10. The summed E-state index contributed by atoms with van der Waals surface area (Å²) in [5.74, 6) is 1.91. The molecular weight excluding hydrogens is 853 g/mol. The molecule has 362 valence electrons. The predicted octanol–water partition coefficient (Wildman–Crippen LogP) is 10.4. The molecule has 4 aromatic carbocycles. The normalized spacial score (nSPS) is 15.8. The molecule has 68 heavy (non-hydrogen) atoms. The Morgan fingerprint density at radius 3 is 0.971 bits per heavy atom. The molecule has 0 fully saturated rings. The molecule has 14 bridgehead atoms. The van der Waals surface area contributed by atoms with Crippen molar-refractivity contribution in [3.05, 3.63) is 139 Å². The maximum atomic E-state index is 12.7. The van der Waals surface area contributed by atoms with Gasteiger partial charge < -0.3 is 29.2 Å². The summed E-state index contributed by atoms with van der Waals surface area (Å²) < 4.78 is 29.3. The Labute approximate surface area is 403 Å². The van der Waals surface area contributed by atoms with Crippen LogP contribution in [0.15, 0.2) is 60.9 Å². The van der Waals surface area contributed by atoms with Gasteiger partial charge >= 0.3 is 0 Å². The first kappa shape index (κ1) is 48.7. The Balaban J connectivity index is 1.41. The molecule has 0 saturated carbocycles. The molecule has 0 spiro atoms. The Kier molecular flexibility index (Phi) is 13.6. The monoisotopic (exact) mass is 925 g/mol. The van der Waals surface area contributed by atoms with Crippen LogP contribution >= 0.6 is 0 Å². The first-order chi connectivity index (χ1) is 32.0. The third-order valence-corrected chi connectivity index (χ3v) is 13.2. The molecule has 0 atom stereocenters. The van der Waals surface area contributed by atoms with E-state index in [0.29, 0.717) is 88.1 Å². The Morgan fingerprint density at radius 1 is 0.412 bits per heavy atom. The van der Waals surface area contributed by atoms with E-state index in [4.69, 9.17) is 18.9 Å². The number of nitrogens with zero attached hydrogens (tertiary/aromatic N) is 6. The molecule has 12 nitrogen and oxygen atoms in total. The maximum Gasteiger partial charge on any atom is 0.134 e. The number of aromatic nitrogens is 6. The second kappa shape index (κ2) is 19.0. The summed E-state index contributed by atoms with van der Waals surface area (Å²) in [6.45, 7) is 29.8. The molecular formula is C56H72N6O6. The van der Waals surface area contributed by atoms with E-state index in [2.05, 4.69) is 152 Å². The lowest BCUT2D eigenvalue weighted by Crippen LogP contribution is -2.16. The van der Waals surface area contributed by atoms with Crippen molar-refractivity contribution >= 4 is 0 Å². The zero-order valence-electron chi connectivity index (χ0n) is 42.5. The van der Waals surface area contributed by atoms with Gasteiger partial charge in [0.05, 0.1) is 51.9 Å². The van der Waals surface area contributed by atoms with Gasteiger partial charge in [-0.25, -0.2) is 9.36 Å². The van der Waals surface area contributed by atoms with Gasteiger partial charge in [0.1, 0.15) is 47.6 Å². The molecule has 3 aliphatic rings. The molecule has 12 heteroatoms. The molecule has 1 aliphatic carbocycles. The van der Waals surface area contributed by atoms with Gasteiger partial charge in [-0.2, -0.15) is 0 Å². The molecule has 4 heterocycles. The molecule has 9 rings (SSSR count). The van der Waals surface area contributed by atoms with Gasteiger partial charge in [0.15, 0.2) is 0 Å². The van der Waals surface area contributed by atoms with E-state index in [0.717, 1.165) is 66.8 Å². The van der Waals surface area contributed by atoms with Crippen molar-refractivity contribution in [3.8, 4) is 23.0 Å². The van der Waals surface area contributed by atoms with E-state index in [-0.39, 0.29) is 46.4 Å². The standard InChI is InChI=1S/C56H72N6O6/c1-53(2,3)43-23-35-19-39-27-45(55(7,8)9)29-41-21-37-25-44(54(4,5)6)26-38(50(37)64)22-42-30-46(56(10,11)12)28-40(20-36(24-43)49(35)63)52(42)68-34-48-32-62(60-58-48)14-16-66-18-17-65-15-13-61-31-47(57-59-61)33-67-51(39)41/h23-32,63-64H,13-22,33-34H2,1-12H3. The van der Waals surface area contributed by atoms with Crippen LogP contribution in [0.5, 0.6) is 23.0 Å². The van der Waals surface area contributed by atoms with Gasteiger partial charge in [0, 0.05) is 25.7 Å². The van der Waals surface area contributed by atoms with Crippen LogP contribution < -0.4 is 9.47 Å². The van der Waals surface area contributed by atoms with Crippen LogP contribution in [0.1, 0.15) is 161 Å². The van der Waals surface area contributed by atoms with Gasteiger partial charge in [-0.05, 0) is 88.4 Å². The molecule has 0 amide bonds. The molecule has 0 radical (unpaired) electrons. The highest BCUT2D eigenvalue weighted by atomic mass is 16.5.